The molecular weight excluding hydrogens is 270 g/mol. The van der Waals surface area contributed by atoms with E-state index in [0.717, 1.165) is 25.9 Å². The summed E-state index contributed by atoms with van der Waals surface area (Å²) in [6, 6.07) is 3.77. The Hall–Kier alpha value is -2.48. The second kappa shape index (κ2) is 6.31. The number of nitrogens with two attached hydrogens (primary N) is 1. The normalized spacial score (nSPS) is 14.8. The van der Waals surface area contributed by atoms with Crippen LogP contribution in [0.4, 0.5) is 11.9 Å². The average Bonchev–Trinajstić information content (AvgIpc) is 2.56. The number of nitrogens with one attached hydrogen (secondary N) is 1. The van der Waals surface area contributed by atoms with Crippen molar-refractivity contribution in [3.05, 3.63) is 24.5 Å². The molecular formula is C13H17N7O. The summed E-state index contributed by atoms with van der Waals surface area (Å²) < 4.78 is 5.61. The van der Waals surface area contributed by atoms with Gasteiger partial charge in [-0.15, -0.1) is 0 Å². The number of aromatic nitrogens is 4. The van der Waals surface area contributed by atoms with Crippen LogP contribution in [0.1, 0.15) is 19.3 Å². The number of piperidine rings is 1. The van der Waals surface area contributed by atoms with Crippen LogP contribution in [-0.4, -0.2) is 33.0 Å². The first-order chi connectivity index (χ1) is 10.3. The first-order valence-electron chi connectivity index (χ1n) is 6.91. The van der Waals surface area contributed by atoms with Crippen LogP contribution in [-0.2, 0) is 0 Å². The SMILES string of the molecule is NNc1nc(Oc2cccnc2)nc(N2CCCCC2)n1. The zero-order valence-electron chi connectivity index (χ0n) is 11.6. The first-order valence-corrected chi connectivity index (χ1v) is 6.91. The Morgan fingerprint density at radius 1 is 1.14 bits per heavy atom. The molecule has 1 saturated heterocycles. The van der Waals surface area contributed by atoms with E-state index in [-0.39, 0.29) is 12.0 Å². The van der Waals surface area contributed by atoms with Gasteiger partial charge in [0, 0.05) is 19.3 Å². The van der Waals surface area contributed by atoms with Crippen LogP contribution in [0.2, 0.25) is 0 Å². The van der Waals surface area contributed by atoms with Gasteiger partial charge >= 0.3 is 6.01 Å². The molecule has 2 aromatic rings. The summed E-state index contributed by atoms with van der Waals surface area (Å²) in [5, 5.41) is 0. The smallest absolute Gasteiger partial charge is 0.328 e. The lowest BCUT2D eigenvalue weighted by molar-refractivity contribution is 0.436. The molecule has 2 aromatic heterocycles. The Labute approximate surface area is 122 Å². The van der Waals surface area contributed by atoms with E-state index >= 15 is 0 Å². The van der Waals surface area contributed by atoms with Crippen molar-refractivity contribution in [2.45, 2.75) is 19.3 Å². The third-order valence-electron chi connectivity index (χ3n) is 3.21. The van der Waals surface area contributed by atoms with Crippen molar-refractivity contribution in [2.24, 2.45) is 5.84 Å². The molecule has 3 N–H and O–H groups in total. The molecule has 21 heavy (non-hydrogen) atoms. The third kappa shape index (κ3) is 3.34. The number of hydrazine groups is 1. The highest BCUT2D eigenvalue weighted by molar-refractivity contribution is 5.38. The van der Waals surface area contributed by atoms with Gasteiger partial charge in [0.15, 0.2) is 0 Å². The zero-order chi connectivity index (χ0) is 14.5. The van der Waals surface area contributed by atoms with Crippen molar-refractivity contribution in [1.29, 1.82) is 0 Å². The molecule has 0 amide bonds. The van der Waals surface area contributed by atoms with Gasteiger partial charge in [-0.05, 0) is 31.4 Å². The van der Waals surface area contributed by atoms with Crippen LogP contribution in [0.15, 0.2) is 24.5 Å². The number of anilines is 2. The van der Waals surface area contributed by atoms with E-state index < -0.39 is 0 Å². The number of hydrogen-bond acceptors (Lipinski definition) is 8. The number of nitrogen functional groups attached to an aromatic ring is 1. The summed E-state index contributed by atoms with van der Waals surface area (Å²) in [5.41, 5.74) is 2.45. The Bertz CT molecular complexity index is 586. The van der Waals surface area contributed by atoms with Gasteiger partial charge < -0.3 is 9.64 Å². The lowest BCUT2D eigenvalue weighted by atomic mass is 10.1. The molecule has 0 bridgehead atoms. The Kier molecular flexibility index (Phi) is 4.06. The molecule has 8 nitrogen and oxygen atoms in total. The fraction of sp³-hybridized carbons (Fsp3) is 0.385. The van der Waals surface area contributed by atoms with Crippen LogP contribution < -0.4 is 20.9 Å². The highest BCUT2D eigenvalue weighted by Gasteiger charge is 2.16. The van der Waals surface area contributed by atoms with E-state index in [1.807, 2.05) is 0 Å². The molecule has 0 saturated carbocycles. The molecule has 1 fully saturated rings. The van der Waals surface area contributed by atoms with Crippen molar-refractivity contribution in [3.8, 4) is 11.8 Å². The van der Waals surface area contributed by atoms with Crippen LogP contribution in [0.5, 0.6) is 11.8 Å². The lowest BCUT2D eigenvalue weighted by Gasteiger charge is -2.26. The number of ether oxygens (including phenoxy) is 1. The maximum absolute atomic E-state index is 5.61. The van der Waals surface area contributed by atoms with Gasteiger partial charge in [-0.1, -0.05) is 0 Å². The molecule has 1 aliphatic rings. The lowest BCUT2D eigenvalue weighted by Crippen LogP contribution is -2.31. The van der Waals surface area contributed by atoms with Crippen LogP contribution >= 0.6 is 0 Å². The van der Waals surface area contributed by atoms with E-state index in [2.05, 4.69) is 30.3 Å². The highest BCUT2D eigenvalue weighted by atomic mass is 16.5. The molecule has 1 aliphatic heterocycles. The van der Waals surface area contributed by atoms with Crippen LogP contribution in [0, 0.1) is 0 Å². The molecule has 0 atom stereocenters. The fourth-order valence-corrected chi connectivity index (χ4v) is 2.20. The largest absolute Gasteiger partial charge is 0.422 e. The summed E-state index contributed by atoms with van der Waals surface area (Å²) in [7, 11) is 0. The summed E-state index contributed by atoms with van der Waals surface area (Å²) in [4.78, 5) is 18.9. The minimum absolute atomic E-state index is 0.200. The third-order valence-corrected chi connectivity index (χ3v) is 3.21. The molecule has 3 rings (SSSR count). The summed E-state index contributed by atoms with van der Waals surface area (Å²) in [5.74, 6) is 6.85. The zero-order valence-corrected chi connectivity index (χ0v) is 11.6. The first kappa shape index (κ1) is 13.5. The van der Waals surface area contributed by atoms with Gasteiger partial charge in [-0.25, -0.2) is 5.84 Å². The number of rotatable bonds is 4. The molecule has 0 aromatic carbocycles. The molecule has 0 spiro atoms. The van der Waals surface area contributed by atoms with E-state index in [4.69, 9.17) is 10.6 Å². The van der Waals surface area contributed by atoms with E-state index in [1.54, 1.807) is 24.5 Å². The van der Waals surface area contributed by atoms with Gasteiger partial charge in [-0.3, -0.25) is 10.4 Å². The Morgan fingerprint density at radius 2 is 2.00 bits per heavy atom. The number of hydrogen-bond donors (Lipinski definition) is 2. The van der Waals surface area contributed by atoms with Crippen molar-refractivity contribution < 1.29 is 4.74 Å². The molecule has 0 radical (unpaired) electrons. The molecule has 8 heteroatoms. The Balaban J connectivity index is 1.85. The second-order valence-corrected chi connectivity index (χ2v) is 4.72. The van der Waals surface area contributed by atoms with Gasteiger partial charge in [0.25, 0.3) is 0 Å². The van der Waals surface area contributed by atoms with Gasteiger partial charge in [0.1, 0.15) is 5.75 Å². The summed E-state index contributed by atoms with van der Waals surface area (Å²) in [6.45, 7) is 1.86. The van der Waals surface area contributed by atoms with Crippen molar-refractivity contribution in [1.82, 2.24) is 19.9 Å². The average molecular weight is 287 g/mol. The number of pyridine rings is 1. The fourth-order valence-electron chi connectivity index (χ4n) is 2.20. The van der Waals surface area contributed by atoms with E-state index in [0.29, 0.717) is 11.7 Å². The second-order valence-electron chi connectivity index (χ2n) is 4.72. The topological polar surface area (TPSA) is 102 Å². The van der Waals surface area contributed by atoms with Crippen molar-refractivity contribution in [3.63, 3.8) is 0 Å². The van der Waals surface area contributed by atoms with Crippen LogP contribution in [0.3, 0.4) is 0 Å². The van der Waals surface area contributed by atoms with Gasteiger partial charge in [-0.2, -0.15) is 15.0 Å². The molecule has 3 heterocycles. The molecule has 0 aliphatic carbocycles. The maximum atomic E-state index is 5.61. The standard InChI is InChI=1S/C13H17N7O/c14-19-11-16-12(20-7-2-1-3-8-20)18-13(17-11)21-10-5-4-6-15-9-10/h4-6,9H,1-3,7-8,14H2,(H,16,17,18,19). The van der Waals surface area contributed by atoms with Crippen molar-refractivity contribution >= 4 is 11.9 Å². The summed E-state index contributed by atoms with van der Waals surface area (Å²) in [6.07, 6.45) is 6.78. The van der Waals surface area contributed by atoms with Gasteiger partial charge in [0.2, 0.25) is 11.9 Å². The predicted octanol–water partition coefficient (Wildman–Crippen LogP) is 1.33. The molecule has 0 unspecified atom stereocenters. The Morgan fingerprint density at radius 3 is 2.71 bits per heavy atom. The van der Waals surface area contributed by atoms with Gasteiger partial charge in [0.05, 0.1) is 6.20 Å². The van der Waals surface area contributed by atoms with Crippen molar-refractivity contribution in [2.75, 3.05) is 23.4 Å². The number of nitrogens with zero attached hydrogens (tertiary/aromatic N) is 5. The molecule has 110 valence electrons. The van der Waals surface area contributed by atoms with Crippen LogP contribution in [0.25, 0.3) is 0 Å². The quantitative estimate of drug-likeness (QED) is 0.641. The summed E-state index contributed by atoms with van der Waals surface area (Å²) >= 11 is 0. The van der Waals surface area contributed by atoms with E-state index in [9.17, 15) is 0 Å². The monoisotopic (exact) mass is 287 g/mol. The predicted molar refractivity (Wildman–Crippen MR) is 78.0 cm³/mol. The maximum Gasteiger partial charge on any atom is 0.328 e. The van der Waals surface area contributed by atoms with E-state index in [1.165, 1.54) is 6.42 Å². The highest BCUT2D eigenvalue weighted by Crippen LogP contribution is 2.22. The minimum atomic E-state index is 0.200. The minimum Gasteiger partial charge on any atom is -0.422 e.